The van der Waals surface area contributed by atoms with E-state index in [0.717, 1.165) is 39.9 Å². The van der Waals surface area contributed by atoms with Crippen molar-refractivity contribution in [1.82, 2.24) is 19.5 Å². The van der Waals surface area contributed by atoms with Gasteiger partial charge in [0.05, 0.1) is 38.0 Å². The zero-order valence-electron chi connectivity index (χ0n) is 17.5. The van der Waals surface area contributed by atoms with Crippen LogP contribution >= 0.6 is 0 Å². The number of imidazole rings is 1. The van der Waals surface area contributed by atoms with Crippen LogP contribution < -0.4 is 14.2 Å². The van der Waals surface area contributed by atoms with Gasteiger partial charge in [0.25, 0.3) is 0 Å². The van der Waals surface area contributed by atoms with E-state index in [4.69, 9.17) is 19.2 Å². The van der Waals surface area contributed by atoms with Gasteiger partial charge in [0.2, 0.25) is 0 Å². The van der Waals surface area contributed by atoms with Gasteiger partial charge in [-0.05, 0) is 37.1 Å². The van der Waals surface area contributed by atoms with Gasteiger partial charge in [-0.2, -0.15) is 0 Å². The van der Waals surface area contributed by atoms with Gasteiger partial charge in [-0.15, -0.1) is 0 Å². The summed E-state index contributed by atoms with van der Waals surface area (Å²) in [6.45, 7) is 5.40. The lowest BCUT2D eigenvalue weighted by Gasteiger charge is -2.14. The van der Waals surface area contributed by atoms with Crippen molar-refractivity contribution in [3.63, 3.8) is 0 Å². The Morgan fingerprint density at radius 3 is 2.47 bits per heavy atom. The Morgan fingerprint density at radius 1 is 1.00 bits per heavy atom. The lowest BCUT2D eigenvalue weighted by Crippen LogP contribution is -2.08. The van der Waals surface area contributed by atoms with Gasteiger partial charge in [0.15, 0.2) is 5.82 Å². The first-order valence-electron chi connectivity index (χ1n) is 9.68. The molecule has 30 heavy (non-hydrogen) atoms. The molecule has 0 saturated heterocycles. The highest BCUT2D eigenvalue weighted by atomic mass is 16.5. The second-order valence-corrected chi connectivity index (χ2v) is 7.04. The molecule has 0 aliphatic rings. The molecule has 0 aliphatic heterocycles. The average Bonchev–Trinajstić information content (AvgIpc) is 3.27. The molecule has 0 saturated carbocycles. The number of ether oxygens (including phenoxy) is 3. The van der Waals surface area contributed by atoms with Crippen LogP contribution in [0.15, 0.2) is 49.2 Å². The van der Waals surface area contributed by atoms with Crippen molar-refractivity contribution < 1.29 is 14.2 Å². The second kappa shape index (κ2) is 8.41. The fourth-order valence-corrected chi connectivity index (χ4v) is 3.48. The molecule has 0 spiro atoms. The van der Waals surface area contributed by atoms with Crippen LogP contribution in [-0.4, -0.2) is 40.3 Å². The van der Waals surface area contributed by atoms with Gasteiger partial charge in [0, 0.05) is 36.3 Å². The summed E-state index contributed by atoms with van der Waals surface area (Å²) >= 11 is 0. The van der Waals surface area contributed by atoms with Crippen molar-refractivity contribution >= 4 is 10.9 Å². The maximum Gasteiger partial charge on any atom is 0.159 e. The van der Waals surface area contributed by atoms with Crippen LogP contribution in [0.25, 0.3) is 22.3 Å². The molecule has 7 heteroatoms. The summed E-state index contributed by atoms with van der Waals surface area (Å²) < 4.78 is 18.8. The monoisotopic (exact) mass is 404 g/mol. The minimum atomic E-state index is 0.573. The van der Waals surface area contributed by atoms with Crippen molar-refractivity contribution in [2.45, 2.75) is 20.4 Å². The van der Waals surface area contributed by atoms with Crippen LogP contribution in [0.4, 0.5) is 0 Å². The van der Waals surface area contributed by atoms with Gasteiger partial charge < -0.3 is 18.8 Å². The predicted molar refractivity (Wildman–Crippen MR) is 115 cm³/mol. The summed E-state index contributed by atoms with van der Waals surface area (Å²) in [6, 6.07) is 7.82. The van der Waals surface area contributed by atoms with E-state index in [2.05, 4.69) is 22.1 Å². The molecule has 7 nitrogen and oxygen atoms in total. The molecule has 2 aromatic carbocycles. The third-order valence-electron chi connectivity index (χ3n) is 4.97. The van der Waals surface area contributed by atoms with Gasteiger partial charge >= 0.3 is 0 Å². The number of rotatable bonds is 7. The number of aryl methyl sites for hydroxylation is 2. The van der Waals surface area contributed by atoms with E-state index in [1.165, 1.54) is 0 Å². The number of hydrogen-bond acceptors (Lipinski definition) is 6. The molecular weight excluding hydrogens is 380 g/mol. The lowest BCUT2D eigenvalue weighted by atomic mass is 10.0. The Balaban J connectivity index is 1.62. The zero-order chi connectivity index (χ0) is 21.1. The summed E-state index contributed by atoms with van der Waals surface area (Å²) in [7, 11) is 3.25. The molecule has 0 N–H and O–H groups in total. The molecular formula is C23H24N4O3. The third-order valence-corrected chi connectivity index (χ3v) is 4.97. The normalized spacial score (nSPS) is 10.9. The topological polar surface area (TPSA) is 71.3 Å². The average molecular weight is 404 g/mol. The number of aromatic nitrogens is 4. The molecule has 4 rings (SSSR count). The number of benzene rings is 2. The van der Waals surface area contributed by atoms with Crippen molar-refractivity contribution in [1.29, 1.82) is 0 Å². The minimum Gasteiger partial charge on any atom is -0.497 e. The van der Waals surface area contributed by atoms with E-state index >= 15 is 0 Å². The van der Waals surface area contributed by atoms with E-state index in [-0.39, 0.29) is 0 Å². The maximum absolute atomic E-state index is 6.04. The molecule has 0 fully saturated rings. The lowest BCUT2D eigenvalue weighted by molar-refractivity contribution is 0.294. The number of fused-ring (bicyclic) bond motifs is 1. The van der Waals surface area contributed by atoms with E-state index in [1.54, 1.807) is 32.9 Å². The molecule has 0 radical (unpaired) electrons. The highest BCUT2D eigenvalue weighted by Gasteiger charge is 2.13. The molecule has 154 valence electrons. The van der Waals surface area contributed by atoms with Crippen molar-refractivity contribution in [2.24, 2.45) is 0 Å². The summed E-state index contributed by atoms with van der Waals surface area (Å²) in [4.78, 5) is 13.4. The number of methoxy groups -OCH3 is 2. The Bertz CT molecular complexity index is 1150. The van der Waals surface area contributed by atoms with Crippen LogP contribution in [0.3, 0.4) is 0 Å². The maximum atomic E-state index is 6.04. The third kappa shape index (κ3) is 3.91. The first-order valence-corrected chi connectivity index (χ1v) is 9.68. The van der Waals surface area contributed by atoms with Crippen molar-refractivity contribution in [3.8, 4) is 28.6 Å². The molecule has 2 heterocycles. The Hall–Kier alpha value is -3.61. The van der Waals surface area contributed by atoms with Crippen LogP contribution in [-0.2, 0) is 6.54 Å². The SMILES string of the molecule is COc1cc(OC)c2cnc(-c3cc(C)c(OCCn4ccnc4)c(C)c3)nc2c1. The van der Waals surface area contributed by atoms with Crippen LogP contribution in [0.2, 0.25) is 0 Å². The standard InChI is InChI=1S/C23H24N4O3/c1-15-9-17(10-16(2)22(15)30-8-7-27-6-5-24-14-27)23-25-13-19-20(26-23)11-18(28-3)12-21(19)29-4/h5-6,9-14H,7-8H2,1-4H3. The van der Waals surface area contributed by atoms with Crippen LogP contribution in [0.1, 0.15) is 11.1 Å². The summed E-state index contributed by atoms with van der Waals surface area (Å²) in [5.41, 5.74) is 3.80. The Labute approximate surface area is 175 Å². The number of hydrogen-bond donors (Lipinski definition) is 0. The van der Waals surface area contributed by atoms with Gasteiger partial charge in [-0.25, -0.2) is 15.0 Å². The zero-order valence-corrected chi connectivity index (χ0v) is 17.5. The Morgan fingerprint density at radius 2 is 1.80 bits per heavy atom. The summed E-state index contributed by atoms with van der Waals surface area (Å²) in [5.74, 6) is 2.92. The van der Waals surface area contributed by atoms with Crippen LogP contribution in [0, 0.1) is 13.8 Å². The first-order chi connectivity index (χ1) is 14.6. The second-order valence-electron chi connectivity index (χ2n) is 7.04. The predicted octanol–water partition coefficient (Wildman–Crippen LogP) is 4.21. The van der Waals surface area contributed by atoms with E-state index < -0.39 is 0 Å². The summed E-state index contributed by atoms with van der Waals surface area (Å²) in [6.07, 6.45) is 7.26. The minimum absolute atomic E-state index is 0.573. The fraction of sp³-hybridized carbons (Fsp3) is 0.261. The molecule has 2 aromatic heterocycles. The quantitative estimate of drug-likeness (QED) is 0.460. The molecule has 4 aromatic rings. The van der Waals surface area contributed by atoms with Crippen molar-refractivity contribution in [3.05, 3.63) is 60.3 Å². The molecule has 0 unspecified atom stereocenters. The van der Waals surface area contributed by atoms with E-state index in [0.29, 0.717) is 23.9 Å². The highest BCUT2D eigenvalue weighted by molar-refractivity contribution is 5.87. The van der Waals surface area contributed by atoms with Crippen molar-refractivity contribution in [2.75, 3.05) is 20.8 Å². The molecule has 0 bridgehead atoms. The fourth-order valence-electron chi connectivity index (χ4n) is 3.48. The molecule has 0 amide bonds. The van der Waals surface area contributed by atoms with Gasteiger partial charge in [-0.3, -0.25) is 0 Å². The van der Waals surface area contributed by atoms with E-state index in [9.17, 15) is 0 Å². The first kappa shape index (κ1) is 19.7. The van der Waals surface area contributed by atoms with Gasteiger partial charge in [0.1, 0.15) is 23.9 Å². The van der Waals surface area contributed by atoms with Gasteiger partial charge in [-0.1, -0.05) is 0 Å². The highest BCUT2D eigenvalue weighted by Crippen LogP contribution is 2.33. The largest absolute Gasteiger partial charge is 0.497 e. The molecule has 0 atom stereocenters. The Kier molecular flexibility index (Phi) is 5.52. The summed E-state index contributed by atoms with van der Waals surface area (Å²) in [5, 5.41) is 0.843. The van der Waals surface area contributed by atoms with Crippen LogP contribution in [0.5, 0.6) is 17.2 Å². The molecule has 0 aliphatic carbocycles. The smallest absolute Gasteiger partial charge is 0.159 e. The number of nitrogens with zero attached hydrogens (tertiary/aromatic N) is 4. The van der Waals surface area contributed by atoms with E-state index in [1.807, 2.05) is 36.7 Å².